The van der Waals surface area contributed by atoms with Gasteiger partial charge in [0.05, 0.1) is 10.7 Å². The first-order valence-corrected chi connectivity index (χ1v) is 6.80. The number of rotatable bonds is 4. The van der Waals surface area contributed by atoms with Crippen molar-refractivity contribution in [2.24, 2.45) is 0 Å². The van der Waals surface area contributed by atoms with Gasteiger partial charge in [-0.05, 0) is 26.0 Å². The molecule has 1 aromatic rings. The van der Waals surface area contributed by atoms with Crippen molar-refractivity contribution in [3.05, 3.63) is 23.2 Å². The first-order valence-electron chi connectivity index (χ1n) is 4.98. The molecule has 0 spiro atoms. The molecule has 0 aliphatic carbocycles. The van der Waals surface area contributed by atoms with E-state index in [2.05, 4.69) is 4.72 Å². The molecule has 0 bridgehead atoms. The number of nitrogens with one attached hydrogen (secondary N) is 1. The van der Waals surface area contributed by atoms with E-state index >= 15 is 0 Å². The lowest BCUT2D eigenvalue weighted by atomic mass is 10.3. The zero-order chi connectivity index (χ0) is 13.2. The Morgan fingerprint density at radius 1 is 1.41 bits per heavy atom. The first kappa shape index (κ1) is 14.1. The fraction of sp³-hybridized carbons (Fsp3) is 0.400. The SMILES string of the molecule is CC(C)N(C)S(=O)(=O)Nc1cc(O)ccc1Cl. The lowest BCUT2D eigenvalue weighted by molar-refractivity contribution is 0.414. The van der Waals surface area contributed by atoms with Crippen molar-refractivity contribution in [1.29, 1.82) is 0 Å². The lowest BCUT2D eigenvalue weighted by Gasteiger charge is -2.22. The van der Waals surface area contributed by atoms with Crippen LogP contribution in [0.3, 0.4) is 0 Å². The summed E-state index contributed by atoms with van der Waals surface area (Å²) in [6.07, 6.45) is 0. The second kappa shape index (κ2) is 5.12. The number of phenolic OH excluding ortho intramolecular Hbond substituents is 1. The molecule has 1 aromatic carbocycles. The van der Waals surface area contributed by atoms with Gasteiger partial charge in [-0.25, -0.2) is 0 Å². The number of anilines is 1. The van der Waals surface area contributed by atoms with Crippen LogP contribution in [0.15, 0.2) is 18.2 Å². The first-order chi connectivity index (χ1) is 7.74. The van der Waals surface area contributed by atoms with Crippen LogP contribution in [0.5, 0.6) is 5.75 Å². The number of benzene rings is 1. The summed E-state index contributed by atoms with van der Waals surface area (Å²) in [7, 11) is -2.20. The van der Waals surface area contributed by atoms with Crippen LogP contribution in [0.25, 0.3) is 0 Å². The fourth-order valence-electron chi connectivity index (χ4n) is 1.08. The highest BCUT2D eigenvalue weighted by molar-refractivity contribution is 7.90. The molecule has 0 unspecified atom stereocenters. The van der Waals surface area contributed by atoms with Crippen LogP contribution in [0, 0.1) is 0 Å². The molecule has 5 nitrogen and oxygen atoms in total. The van der Waals surface area contributed by atoms with Gasteiger partial charge in [-0.2, -0.15) is 12.7 Å². The molecule has 1 rings (SSSR count). The maximum atomic E-state index is 11.9. The van der Waals surface area contributed by atoms with E-state index in [9.17, 15) is 13.5 Å². The fourth-order valence-corrected chi connectivity index (χ4v) is 2.45. The summed E-state index contributed by atoms with van der Waals surface area (Å²) in [4.78, 5) is 0. The maximum Gasteiger partial charge on any atom is 0.301 e. The number of aromatic hydroxyl groups is 1. The summed E-state index contributed by atoms with van der Waals surface area (Å²) in [5.41, 5.74) is 0.152. The van der Waals surface area contributed by atoms with Crippen LogP contribution < -0.4 is 4.72 Å². The lowest BCUT2D eigenvalue weighted by Crippen LogP contribution is -2.37. The van der Waals surface area contributed by atoms with Crippen LogP contribution in [0.4, 0.5) is 5.69 Å². The Morgan fingerprint density at radius 3 is 2.53 bits per heavy atom. The van der Waals surface area contributed by atoms with Gasteiger partial charge in [-0.3, -0.25) is 4.72 Å². The minimum absolute atomic E-state index is 0.0562. The van der Waals surface area contributed by atoms with Crippen molar-refractivity contribution in [2.45, 2.75) is 19.9 Å². The van der Waals surface area contributed by atoms with Crippen molar-refractivity contribution in [3.63, 3.8) is 0 Å². The van der Waals surface area contributed by atoms with E-state index in [1.165, 1.54) is 29.6 Å². The van der Waals surface area contributed by atoms with Crippen molar-refractivity contribution in [2.75, 3.05) is 11.8 Å². The zero-order valence-electron chi connectivity index (χ0n) is 9.81. The Hall–Kier alpha value is -0.980. The largest absolute Gasteiger partial charge is 0.508 e. The average Bonchev–Trinajstić information content (AvgIpc) is 2.21. The van der Waals surface area contributed by atoms with Gasteiger partial charge in [-0.15, -0.1) is 0 Å². The number of hydrogen-bond acceptors (Lipinski definition) is 3. The van der Waals surface area contributed by atoms with E-state index in [-0.39, 0.29) is 22.5 Å². The molecule has 0 heterocycles. The Bertz CT molecular complexity index is 502. The summed E-state index contributed by atoms with van der Waals surface area (Å²) >= 11 is 5.83. The second-order valence-electron chi connectivity index (χ2n) is 3.88. The molecule has 2 N–H and O–H groups in total. The molecule has 0 atom stereocenters. The molecule has 0 saturated carbocycles. The van der Waals surface area contributed by atoms with Gasteiger partial charge < -0.3 is 5.11 Å². The van der Waals surface area contributed by atoms with Crippen molar-refractivity contribution >= 4 is 27.5 Å². The summed E-state index contributed by atoms with van der Waals surface area (Å²) in [6.45, 7) is 3.51. The van der Waals surface area contributed by atoms with Gasteiger partial charge in [0.25, 0.3) is 0 Å². The Balaban J connectivity index is 3.02. The molecule has 0 aliphatic rings. The van der Waals surface area contributed by atoms with Crippen LogP contribution in [0.2, 0.25) is 5.02 Å². The number of halogens is 1. The summed E-state index contributed by atoms with van der Waals surface area (Å²) in [5.74, 6) is -0.0562. The molecule has 17 heavy (non-hydrogen) atoms. The summed E-state index contributed by atoms with van der Waals surface area (Å²) in [6, 6.07) is 3.88. The predicted octanol–water partition coefficient (Wildman–Crippen LogP) is 2.04. The highest BCUT2D eigenvalue weighted by Crippen LogP contribution is 2.27. The van der Waals surface area contributed by atoms with Crippen LogP contribution in [-0.4, -0.2) is 30.9 Å². The Labute approximate surface area is 106 Å². The minimum atomic E-state index is -3.66. The van der Waals surface area contributed by atoms with E-state index in [1.54, 1.807) is 13.8 Å². The van der Waals surface area contributed by atoms with Gasteiger partial charge in [0.2, 0.25) is 0 Å². The van der Waals surface area contributed by atoms with E-state index in [0.717, 1.165) is 0 Å². The average molecular weight is 279 g/mol. The molecule has 0 radical (unpaired) electrons. The van der Waals surface area contributed by atoms with E-state index in [0.29, 0.717) is 0 Å². The molecule has 0 fully saturated rings. The normalized spacial score (nSPS) is 12.1. The third-order valence-electron chi connectivity index (χ3n) is 2.30. The van der Waals surface area contributed by atoms with Gasteiger partial charge in [0, 0.05) is 19.2 Å². The third kappa shape index (κ3) is 3.49. The zero-order valence-corrected chi connectivity index (χ0v) is 11.4. The van der Waals surface area contributed by atoms with Gasteiger partial charge >= 0.3 is 10.2 Å². The van der Waals surface area contributed by atoms with Crippen molar-refractivity contribution in [3.8, 4) is 5.75 Å². The van der Waals surface area contributed by atoms with Crippen molar-refractivity contribution < 1.29 is 13.5 Å². The highest BCUT2D eigenvalue weighted by Gasteiger charge is 2.21. The topological polar surface area (TPSA) is 69.6 Å². The molecule has 0 saturated heterocycles. The van der Waals surface area contributed by atoms with E-state index in [1.807, 2.05) is 0 Å². The molecular weight excluding hydrogens is 264 g/mol. The van der Waals surface area contributed by atoms with E-state index in [4.69, 9.17) is 11.6 Å². The Morgan fingerprint density at radius 2 is 2.00 bits per heavy atom. The van der Waals surface area contributed by atoms with Gasteiger partial charge in [-0.1, -0.05) is 11.6 Å². The van der Waals surface area contributed by atoms with Crippen LogP contribution in [0.1, 0.15) is 13.8 Å². The summed E-state index contributed by atoms with van der Waals surface area (Å²) < 4.78 is 27.2. The molecular formula is C10H15ClN2O3S. The predicted molar refractivity (Wildman–Crippen MR) is 68.6 cm³/mol. The molecule has 7 heteroatoms. The third-order valence-corrected chi connectivity index (χ3v) is 4.28. The number of hydrogen-bond donors (Lipinski definition) is 2. The molecule has 0 aromatic heterocycles. The van der Waals surface area contributed by atoms with Gasteiger partial charge in [0.1, 0.15) is 5.75 Å². The van der Waals surface area contributed by atoms with Crippen LogP contribution in [-0.2, 0) is 10.2 Å². The van der Waals surface area contributed by atoms with Crippen LogP contribution >= 0.6 is 11.6 Å². The molecule has 96 valence electrons. The summed E-state index contributed by atoms with van der Waals surface area (Å²) in [5, 5.41) is 9.50. The quantitative estimate of drug-likeness (QED) is 0.885. The molecule has 0 aliphatic heterocycles. The Kier molecular flexibility index (Phi) is 4.24. The minimum Gasteiger partial charge on any atom is -0.508 e. The standard InChI is InChI=1S/C10H15ClN2O3S/c1-7(2)13(3)17(15,16)12-10-6-8(14)4-5-9(10)11/h4-7,12,14H,1-3H3. The molecule has 0 amide bonds. The maximum absolute atomic E-state index is 11.9. The van der Waals surface area contributed by atoms with E-state index < -0.39 is 10.2 Å². The highest BCUT2D eigenvalue weighted by atomic mass is 35.5. The van der Waals surface area contributed by atoms with Gasteiger partial charge in [0.15, 0.2) is 0 Å². The monoisotopic (exact) mass is 278 g/mol. The van der Waals surface area contributed by atoms with Crippen molar-refractivity contribution in [1.82, 2.24) is 4.31 Å². The second-order valence-corrected chi connectivity index (χ2v) is 6.02. The number of nitrogens with zero attached hydrogens (tertiary/aromatic N) is 1. The number of phenols is 1. The smallest absolute Gasteiger partial charge is 0.301 e.